The molecule has 1 N–H and O–H groups in total. The molecule has 0 saturated carbocycles. The van der Waals surface area contributed by atoms with Gasteiger partial charge in [-0.15, -0.1) is 11.3 Å². The molecule has 0 fully saturated rings. The quantitative estimate of drug-likeness (QED) is 0.611. The van der Waals surface area contributed by atoms with E-state index in [2.05, 4.69) is 15.3 Å². The smallest absolute Gasteiger partial charge is 0.255 e. The van der Waals surface area contributed by atoms with Crippen LogP contribution in [-0.4, -0.2) is 27.6 Å². The number of aliphatic imine (C=N–C) groups is 1. The Kier molecular flexibility index (Phi) is 5.91. The maximum absolute atomic E-state index is 12.8. The number of aromatic nitrogens is 1. The van der Waals surface area contributed by atoms with Crippen molar-refractivity contribution in [2.75, 3.05) is 17.6 Å². The van der Waals surface area contributed by atoms with E-state index in [1.54, 1.807) is 41.1 Å². The van der Waals surface area contributed by atoms with E-state index in [4.69, 9.17) is 0 Å². The van der Waals surface area contributed by atoms with Gasteiger partial charge in [-0.3, -0.25) is 9.79 Å². The van der Waals surface area contributed by atoms with Gasteiger partial charge in [0.25, 0.3) is 5.91 Å². The molecule has 136 valence electrons. The highest BCUT2D eigenvalue weighted by Crippen LogP contribution is 2.27. The molecule has 0 atom stereocenters. The van der Waals surface area contributed by atoms with E-state index in [0.717, 1.165) is 44.2 Å². The number of rotatable bonds is 5. The summed E-state index contributed by atoms with van der Waals surface area (Å²) in [4.78, 5) is 21.5. The van der Waals surface area contributed by atoms with Gasteiger partial charge < -0.3 is 5.32 Å². The number of hydrogen-bond donors (Lipinski definition) is 1. The maximum Gasteiger partial charge on any atom is 0.255 e. The van der Waals surface area contributed by atoms with Crippen molar-refractivity contribution < 1.29 is 4.79 Å². The average molecular weight is 412 g/mol. The Bertz CT molecular complexity index is 953. The van der Waals surface area contributed by atoms with E-state index in [0.29, 0.717) is 5.56 Å². The van der Waals surface area contributed by atoms with Crippen LogP contribution in [0.1, 0.15) is 15.9 Å². The number of thioether (sulfide) groups is 2. The van der Waals surface area contributed by atoms with Crippen molar-refractivity contribution in [1.82, 2.24) is 4.98 Å². The first-order valence-corrected chi connectivity index (χ1v) is 11.3. The standard InChI is InChI=1S/C20H17N3OS3/c24-18(23-16-7-5-14(6-8-16)19-21-9-11-25-19)17-4-2-1-3-15(17)13-27-20-22-10-12-26-20/h1-9,11H,10,12-13H2,(H,23,24). The van der Waals surface area contributed by atoms with Gasteiger partial charge in [-0.2, -0.15) is 0 Å². The average Bonchev–Trinajstić information content (AvgIpc) is 3.41. The molecule has 2 heterocycles. The normalized spacial score (nSPS) is 13.4. The number of anilines is 1. The summed E-state index contributed by atoms with van der Waals surface area (Å²) in [7, 11) is 0. The summed E-state index contributed by atoms with van der Waals surface area (Å²) in [6, 6.07) is 15.5. The van der Waals surface area contributed by atoms with E-state index in [-0.39, 0.29) is 5.91 Å². The Labute approximate surface area is 170 Å². The molecule has 0 saturated heterocycles. The first-order chi connectivity index (χ1) is 13.3. The zero-order valence-corrected chi connectivity index (χ0v) is 16.9. The van der Waals surface area contributed by atoms with Crippen LogP contribution in [0.15, 0.2) is 65.1 Å². The fourth-order valence-corrected chi connectivity index (χ4v) is 5.33. The molecule has 0 bridgehead atoms. The van der Waals surface area contributed by atoms with Gasteiger partial charge in [0, 0.05) is 39.9 Å². The first-order valence-electron chi connectivity index (χ1n) is 8.49. The minimum absolute atomic E-state index is 0.0887. The second kappa shape index (κ2) is 8.73. The molecule has 3 aromatic rings. The Morgan fingerprint density at radius 2 is 2.00 bits per heavy atom. The van der Waals surface area contributed by atoms with E-state index >= 15 is 0 Å². The molecule has 0 spiro atoms. The lowest BCUT2D eigenvalue weighted by atomic mass is 10.1. The summed E-state index contributed by atoms with van der Waals surface area (Å²) in [5.41, 5.74) is 3.56. The van der Waals surface area contributed by atoms with Crippen LogP contribution in [0, 0.1) is 0 Å². The summed E-state index contributed by atoms with van der Waals surface area (Å²) < 4.78 is 1.11. The van der Waals surface area contributed by atoms with Gasteiger partial charge in [0.2, 0.25) is 0 Å². The van der Waals surface area contributed by atoms with Crippen LogP contribution in [0.4, 0.5) is 5.69 Å². The molecule has 4 nitrogen and oxygen atoms in total. The summed E-state index contributed by atoms with van der Waals surface area (Å²) in [6.45, 7) is 0.895. The van der Waals surface area contributed by atoms with Crippen LogP contribution in [-0.2, 0) is 5.75 Å². The monoisotopic (exact) mass is 411 g/mol. The lowest BCUT2D eigenvalue weighted by Crippen LogP contribution is -2.14. The van der Waals surface area contributed by atoms with Gasteiger partial charge in [-0.1, -0.05) is 41.7 Å². The highest BCUT2D eigenvalue weighted by molar-refractivity contribution is 8.38. The molecule has 4 rings (SSSR count). The third-order valence-corrected chi connectivity index (χ3v) is 7.12. The lowest BCUT2D eigenvalue weighted by Gasteiger charge is -2.10. The van der Waals surface area contributed by atoms with Crippen LogP contribution in [0.5, 0.6) is 0 Å². The van der Waals surface area contributed by atoms with Gasteiger partial charge in [0.15, 0.2) is 0 Å². The van der Waals surface area contributed by atoms with E-state index in [9.17, 15) is 4.79 Å². The van der Waals surface area contributed by atoms with Crippen molar-refractivity contribution in [2.24, 2.45) is 4.99 Å². The maximum atomic E-state index is 12.8. The van der Waals surface area contributed by atoms with Gasteiger partial charge in [0.1, 0.15) is 9.38 Å². The van der Waals surface area contributed by atoms with Crippen molar-refractivity contribution in [3.05, 3.63) is 71.2 Å². The Morgan fingerprint density at radius 1 is 1.15 bits per heavy atom. The van der Waals surface area contributed by atoms with Gasteiger partial charge in [-0.25, -0.2) is 4.98 Å². The second-order valence-corrected chi connectivity index (χ2v) is 9.01. The third-order valence-electron chi connectivity index (χ3n) is 3.99. The summed E-state index contributed by atoms with van der Waals surface area (Å²) in [5, 5.41) is 5.93. The van der Waals surface area contributed by atoms with Crippen molar-refractivity contribution in [2.45, 2.75) is 5.75 Å². The first kappa shape index (κ1) is 18.3. The van der Waals surface area contributed by atoms with Gasteiger partial charge in [-0.05, 0) is 35.9 Å². The molecular formula is C20H17N3OS3. The molecule has 0 aliphatic carbocycles. The number of thiazole rings is 1. The third kappa shape index (κ3) is 4.61. The summed E-state index contributed by atoms with van der Waals surface area (Å²) in [6.07, 6.45) is 1.79. The molecule has 0 radical (unpaired) electrons. The summed E-state index contributed by atoms with van der Waals surface area (Å²) in [5.74, 6) is 1.72. The summed E-state index contributed by atoms with van der Waals surface area (Å²) >= 11 is 5.09. The largest absolute Gasteiger partial charge is 0.322 e. The lowest BCUT2D eigenvalue weighted by molar-refractivity contribution is 0.102. The van der Waals surface area contributed by atoms with Crippen LogP contribution < -0.4 is 5.32 Å². The van der Waals surface area contributed by atoms with Gasteiger partial charge in [0.05, 0.1) is 6.54 Å². The molecule has 1 aliphatic heterocycles. The predicted molar refractivity (Wildman–Crippen MR) is 118 cm³/mol. The SMILES string of the molecule is O=C(Nc1ccc(-c2nccs2)cc1)c1ccccc1CSC1=NCCS1. The zero-order chi connectivity index (χ0) is 18.5. The minimum Gasteiger partial charge on any atom is -0.322 e. The molecule has 0 unspecified atom stereocenters. The Hall–Kier alpha value is -2.09. The van der Waals surface area contributed by atoms with Gasteiger partial charge >= 0.3 is 0 Å². The van der Waals surface area contributed by atoms with Crippen LogP contribution in [0.25, 0.3) is 10.6 Å². The van der Waals surface area contributed by atoms with Crippen LogP contribution in [0.2, 0.25) is 0 Å². The zero-order valence-electron chi connectivity index (χ0n) is 14.4. The number of nitrogens with one attached hydrogen (secondary N) is 1. The Balaban J connectivity index is 1.45. The highest BCUT2D eigenvalue weighted by atomic mass is 32.2. The Morgan fingerprint density at radius 3 is 2.74 bits per heavy atom. The van der Waals surface area contributed by atoms with Crippen molar-refractivity contribution in [3.63, 3.8) is 0 Å². The van der Waals surface area contributed by atoms with Crippen LogP contribution in [0.3, 0.4) is 0 Å². The number of nitrogens with zero attached hydrogens (tertiary/aromatic N) is 2. The number of carbonyl (C=O) groups is 1. The molecule has 7 heteroatoms. The van der Waals surface area contributed by atoms with E-state index in [1.165, 1.54) is 0 Å². The number of carbonyl (C=O) groups excluding carboxylic acids is 1. The number of amides is 1. The molecule has 27 heavy (non-hydrogen) atoms. The molecule has 1 amide bonds. The van der Waals surface area contributed by atoms with E-state index in [1.807, 2.05) is 53.9 Å². The van der Waals surface area contributed by atoms with Crippen molar-refractivity contribution in [3.8, 4) is 10.6 Å². The fourth-order valence-electron chi connectivity index (χ4n) is 2.67. The predicted octanol–water partition coefficient (Wildman–Crippen LogP) is 5.40. The number of benzene rings is 2. The molecule has 1 aromatic heterocycles. The highest BCUT2D eigenvalue weighted by Gasteiger charge is 2.14. The van der Waals surface area contributed by atoms with Crippen molar-refractivity contribution >= 4 is 50.8 Å². The van der Waals surface area contributed by atoms with Crippen LogP contribution >= 0.6 is 34.9 Å². The van der Waals surface area contributed by atoms with Crippen molar-refractivity contribution in [1.29, 1.82) is 0 Å². The molecule has 2 aromatic carbocycles. The topological polar surface area (TPSA) is 54.4 Å². The van der Waals surface area contributed by atoms with E-state index < -0.39 is 0 Å². The minimum atomic E-state index is -0.0887. The fraction of sp³-hybridized carbons (Fsp3) is 0.150. The molecular weight excluding hydrogens is 394 g/mol. The second-order valence-electron chi connectivity index (χ2n) is 5.81. The number of hydrogen-bond acceptors (Lipinski definition) is 6. The molecule has 1 aliphatic rings.